The number of nitrogen functional groups attached to an aromatic ring is 1. The topological polar surface area (TPSA) is 114 Å². The maximum atomic E-state index is 14.2. The number of hydrogen-bond acceptors (Lipinski definition) is 5. The lowest BCUT2D eigenvalue weighted by atomic mass is 10.1. The van der Waals surface area contributed by atoms with Gasteiger partial charge in [-0.2, -0.15) is 0 Å². The van der Waals surface area contributed by atoms with Gasteiger partial charge in [0.15, 0.2) is 22.8 Å². The molecular formula is C23H29FN4O4. The van der Waals surface area contributed by atoms with E-state index in [1.807, 2.05) is 13.8 Å². The molecule has 3 rings (SSSR count). The van der Waals surface area contributed by atoms with Crippen molar-refractivity contribution in [1.29, 1.82) is 0 Å². The standard InChI is InChI=1S/C23H29FN4O4/c1-4-6-8-13-27(17-20(25)28(12-7-5-2)23(31)26-21(17)29)22(30)18-14(3)15-10-9-11-16(24)19(15)32-18/h9-11H,4-8,12-13,25H2,1-3H3,(H,26,29,31). The summed E-state index contributed by atoms with van der Waals surface area (Å²) in [4.78, 5) is 42.2. The number of furan rings is 1. The van der Waals surface area contributed by atoms with Crippen LogP contribution in [-0.2, 0) is 6.54 Å². The maximum Gasteiger partial charge on any atom is 0.330 e. The minimum atomic E-state index is -0.745. The molecule has 172 valence electrons. The second kappa shape index (κ2) is 9.84. The van der Waals surface area contributed by atoms with Crippen molar-refractivity contribution in [3.8, 4) is 0 Å². The van der Waals surface area contributed by atoms with Crippen LogP contribution >= 0.6 is 0 Å². The van der Waals surface area contributed by atoms with E-state index in [2.05, 4.69) is 4.98 Å². The molecule has 3 N–H and O–H groups in total. The maximum absolute atomic E-state index is 14.2. The van der Waals surface area contributed by atoms with E-state index >= 15 is 0 Å². The lowest BCUT2D eigenvalue weighted by Gasteiger charge is -2.24. The van der Waals surface area contributed by atoms with Crippen molar-refractivity contribution in [3.63, 3.8) is 0 Å². The third kappa shape index (κ3) is 4.32. The lowest BCUT2D eigenvalue weighted by Crippen LogP contribution is -2.41. The van der Waals surface area contributed by atoms with Crippen LogP contribution in [-0.4, -0.2) is 22.0 Å². The van der Waals surface area contributed by atoms with Gasteiger partial charge in [-0.1, -0.05) is 45.2 Å². The largest absolute Gasteiger partial charge is 0.448 e. The highest BCUT2D eigenvalue weighted by atomic mass is 19.1. The highest BCUT2D eigenvalue weighted by Crippen LogP contribution is 2.30. The summed E-state index contributed by atoms with van der Waals surface area (Å²) in [5.41, 5.74) is 5.24. The van der Waals surface area contributed by atoms with Crippen LogP contribution in [0.1, 0.15) is 62.1 Å². The van der Waals surface area contributed by atoms with Crippen molar-refractivity contribution < 1.29 is 13.6 Å². The zero-order valence-corrected chi connectivity index (χ0v) is 18.7. The molecule has 1 amide bonds. The SMILES string of the molecule is CCCCCN(C(=O)c1oc2c(F)cccc2c1C)c1c(N)n(CCCC)c(=O)[nH]c1=O. The fourth-order valence-electron chi connectivity index (χ4n) is 3.75. The molecule has 0 atom stereocenters. The Morgan fingerprint density at radius 1 is 1.19 bits per heavy atom. The third-order valence-electron chi connectivity index (χ3n) is 5.56. The molecule has 0 aliphatic heterocycles. The number of anilines is 2. The number of nitrogens with two attached hydrogens (primary N) is 1. The number of carbonyl (C=O) groups excluding carboxylic acids is 1. The summed E-state index contributed by atoms with van der Waals surface area (Å²) in [5.74, 6) is -1.32. The Hall–Kier alpha value is -3.36. The Morgan fingerprint density at radius 2 is 1.91 bits per heavy atom. The van der Waals surface area contributed by atoms with Gasteiger partial charge >= 0.3 is 5.69 Å². The molecule has 0 aliphatic carbocycles. The summed E-state index contributed by atoms with van der Waals surface area (Å²) in [6, 6.07) is 4.46. The predicted molar refractivity (Wildman–Crippen MR) is 123 cm³/mol. The van der Waals surface area contributed by atoms with Gasteiger partial charge < -0.3 is 10.2 Å². The van der Waals surface area contributed by atoms with Gasteiger partial charge in [0.25, 0.3) is 11.5 Å². The molecule has 1 aromatic carbocycles. The molecule has 9 heteroatoms. The average molecular weight is 445 g/mol. The Kier molecular flexibility index (Phi) is 7.17. The number of halogens is 1. The first-order valence-corrected chi connectivity index (χ1v) is 10.9. The first-order chi connectivity index (χ1) is 15.3. The molecule has 0 unspecified atom stereocenters. The number of amides is 1. The molecule has 0 fully saturated rings. The summed E-state index contributed by atoms with van der Waals surface area (Å²) in [7, 11) is 0. The van der Waals surface area contributed by atoms with Gasteiger partial charge in [0, 0.05) is 24.0 Å². The molecule has 0 aliphatic rings. The van der Waals surface area contributed by atoms with E-state index < -0.39 is 23.0 Å². The average Bonchev–Trinajstić information content (AvgIpc) is 3.10. The van der Waals surface area contributed by atoms with Gasteiger partial charge in [0.1, 0.15) is 5.82 Å². The number of unbranched alkanes of at least 4 members (excludes halogenated alkanes) is 3. The number of aromatic amines is 1. The second-order valence-corrected chi connectivity index (χ2v) is 7.83. The van der Waals surface area contributed by atoms with Crippen LogP contribution in [0.5, 0.6) is 0 Å². The van der Waals surface area contributed by atoms with Crippen molar-refractivity contribution in [2.75, 3.05) is 17.2 Å². The minimum Gasteiger partial charge on any atom is -0.448 e. The molecule has 0 bridgehead atoms. The summed E-state index contributed by atoms with van der Waals surface area (Å²) in [6.07, 6.45) is 3.84. The molecular weight excluding hydrogens is 415 g/mol. The molecule has 8 nitrogen and oxygen atoms in total. The number of hydrogen-bond donors (Lipinski definition) is 2. The van der Waals surface area contributed by atoms with E-state index in [0.717, 1.165) is 19.3 Å². The van der Waals surface area contributed by atoms with E-state index in [0.29, 0.717) is 30.3 Å². The van der Waals surface area contributed by atoms with Crippen molar-refractivity contribution in [1.82, 2.24) is 9.55 Å². The van der Waals surface area contributed by atoms with Crippen LogP contribution in [0.25, 0.3) is 11.0 Å². The number of para-hydroxylation sites is 1. The number of carbonyl (C=O) groups is 1. The fourth-order valence-corrected chi connectivity index (χ4v) is 3.75. The van der Waals surface area contributed by atoms with E-state index in [9.17, 15) is 18.8 Å². The Bertz CT molecular complexity index is 1240. The number of fused-ring (bicyclic) bond motifs is 1. The monoisotopic (exact) mass is 444 g/mol. The van der Waals surface area contributed by atoms with E-state index in [-0.39, 0.29) is 29.4 Å². The third-order valence-corrected chi connectivity index (χ3v) is 5.56. The quantitative estimate of drug-likeness (QED) is 0.485. The number of nitrogens with zero attached hydrogens (tertiary/aromatic N) is 2. The van der Waals surface area contributed by atoms with Crippen LogP contribution in [0.2, 0.25) is 0 Å². The molecule has 2 aromatic heterocycles. The first kappa shape index (κ1) is 23.3. The smallest absolute Gasteiger partial charge is 0.330 e. The molecule has 0 spiro atoms. The minimum absolute atomic E-state index is 0.0170. The van der Waals surface area contributed by atoms with E-state index in [1.54, 1.807) is 19.1 Å². The molecule has 0 saturated carbocycles. The fraction of sp³-hybridized carbons (Fsp3) is 0.435. The summed E-state index contributed by atoms with van der Waals surface area (Å²) in [6.45, 7) is 6.17. The normalized spacial score (nSPS) is 11.2. The molecule has 32 heavy (non-hydrogen) atoms. The number of nitrogens with one attached hydrogen (secondary N) is 1. The van der Waals surface area contributed by atoms with Gasteiger partial charge in [-0.05, 0) is 25.8 Å². The number of benzene rings is 1. The summed E-state index contributed by atoms with van der Waals surface area (Å²) in [5, 5.41) is 0.483. The van der Waals surface area contributed by atoms with Gasteiger partial charge in [-0.3, -0.25) is 24.0 Å². The zero-order chi connectivity index (χ0) is 23.4. The zero-order valence-electron chi connectivity index (χ0n) is 18.7. The Balaban J connectivity index is 2.15. The summed E-state index contributed by atoms with van der Waals surface area (Å²) >= 11 is 0. The lowest BCUT2D eigenvalue weighted by molar-refractivity contribution is 0.0960. The van der Waals surface area contributed by atoms with Crippen LogP contribution < -0.4 is 21.9 Å². The second-order valence-electron chi connectivity index (χ2n) is 7.83. The Morgan fingerprint density at radius 3 is 2.56 bits per heavy atom. The van der Waals surface area contributed by atoms with Gasteiger partial charge in [0.05, 0.1) is 0 Å². The number of aromatic nitrogens is 2. The Labute approximate surface area is 184 Å². The molecule has 0 saturated heterocycles. The van der Waals surface area contributed by atoms with Crippen molar-refractivity contribution in [2.45, 2.75) is 59.4 Å². The van der Waals surface area contributed by atoms with Gasteiger partial charge in [-0.25, -0.2) is 9.18 Å². The number of H-pyrrole nitrogens is 1. The van der Waals surface area contributed by atoms with E-state index in [1.165, 1.54) is 15.5 Å². The molecule has 0 radical (unpaired) electrons. The van der Waals surface area contributed by atoms with E-state index in [4.69, 9.17) is 10.2 Å². The van der Waals surface area contributed by atoms with Crippen molar-refractivity contribution >= 4 is 28.4 Å². The van der Waals surface area contributed by atoms with Gasteiger partial charge in [-0.15, -0.1) is 0 Å². The molecule has 3 aromatic rings. The van der Waals surface area contributed by atoms with Crippen molar-refractivity contribution in [3.05, 3.63) is 56.2 Å². The highest BCUT2D eigenvalue weighted by Gasteiger charge is 2.29. The van der Waals surface area contributed by atoms with Gasteiger partial charge in [0.2, 0.25) is 0 Å². The number of aryl methyl sites for hydroxylation is 1. The van der Waals surface area contributed by atoms with Crippen molar-refractivity contribution in [2.24, 2.45) is 0 Å². The summed E-state index contributed by atoms with van der Waals surface area (Å²) < 4.78 is 21.1. The first-order valence-electron chi connectivity index (χ1n) is 10.9. The van der Waals surface area contributed by atoms with Crippen LogP contribution in [0.4, 0.5) is 15.9 Å². The predicted octanol–water partition coefficient (Wildman–Crippen LogP) is 3.95. The van der Waals surface area contributed by atoms with Crippen LogP contribution in [0.3, 0.4) is 0 Å². The van der Waals surface area contributed by atoms with Crippen LogP contribution in [0.15, 0.2) is 32.2 Å². The number of rotatable bonds is 9. The highest BCUT2D eigenvalue weighted by molar-refractivity contribution is 6.09. The molecule has 2 heterocycles. The van der Waals surface area contributed by atoms with Crippen LogP contribution in [0, 0.1) is 12.7 Å².